The third kappa shape index (κ3) is 3.51. The van der Waals surface area contributed by atoms with E-state index in [4.69, 9.17) is 11.6 Å². The first-order valence-electron chi connectivity index (χ1n) is 6.92. The highest BCUT2D eigenvalue weighted by Crippen LogP contribution is 2.29. The van der Waals surface area contributed by atoms with Gasteiger partial charge in [-0.15, -0.1) is 11.3 Å². The van der Waals surface area contributed by atoms with Crippen molar-refractivity contribution in [1.29, 1.82) is 0 Å². The number of carbonyl (C=O) groups excluding carboxylic acids is 1. The van der Waals surface area contributed by atoms with Crippen LogP contribution in [0.5, 0.6) is 0 Å². The van der Waals surface area contributed by atoms with E-state index in [9.17, 15) is 13.2 Å². The van der Waals surface area contributed by atoms with Crippen molar-refractivity contribution in [2.24, 2.45) is 0 Å². The van der Waals surface area contributed by atoms with Crippen LogP contribution in [0.15, 0.2) is 75.8 Å². The van der Waals surface area contributed by atoms with E-state index in [2.05, 4.69) is 5.32 Å². The molecule has 3 aromatic rings. The molecule has 7 heteroatoms. The maximum Gasteiger partial charge on any atom is 0.256 e. The van der Waals surface area contributed by atoms with Crippen molar-refractivity contribution >= 4 is 43.7 Å². The highest BCUT2D eigenvalue weighted by molar-refractivity contribution is 7.91. The van der Waals surface area contributed by atoms with Crippen molar-refractivity contribution < 1.29 is 13.2 Å². The Morgan fingerprint density at radius 1 is 0.958 bits per heavy atom. The Hall–Kier alpha value is -2.15. The fourth-order valence-corrected chi connectivity index (χ4v) is 4.62. The molecule has 1 amide bonds. The van der Waals surface area contributed by atoms with E-state index in [1.165, 1.54) is 11.4 Å². The monoisotopic (exact) mass is 377 g/mol. The molecule has 1 aromatic heterocycles. The number of hydrogen-bond acceptors (Lipinski definition) is 4. The zero-order valence-corrected chi connectivity index (χ0v) is 14.7. The van der Waals surface area contributed by atoms with Gasteiger partial charge in [-0.25, -0.2) is 8.42 Å². The Morgan fingerprint density at radius 2 is 1.62 bits per heavy atom. The number of thiophene rings is 1. The van der Waals surface area contributed by atoms with Crippen LogP contribution in [0.25, 0.3) is 0 Å². The molecular weight excluding hydrogens is 366 g/mol. The number of benzene rings is 2. The molecule has 0 bridgehead atoms. The average Bonchev–Trinajstić information content (AvgIpc) is 3.05. The molecule has 0 fully saturated rings. The number of nitrogens with one attached hydrogen (secondary N) is 1. The molecule has 0 aliphatic rings. The summed E-state index contributed by atoms with van der Waals surface area (Å²) in [4.78, 5) is 12.5. The summed E-state index contributed by atoms with van der Waals surface area (Å²) in [7, 11) is -3.58. The van der Waals surface area contributed by atoms with E-state index in [-0.39, 0.29) is 15.7 Å². The zero-order valence-electron chi connectivity index (χ0n) is 12.3. The van der Waals surface area contributed by atoms with E-state index >= 15 is 0 Å². The standard InChI is InChI=1S/C17H12ClNO3S2/c18-13-8-6-12(7-9-13)17(20)19-16-10-15(11-23-16)24(21,22)14-4-2-1-3-5-14/h1-11H,(H,19,20). The van der Waals surface area contributed by atoms with Gasteiger partial charge >= 0.3 is 0 Å². The highest BCUT2D eigenvalue weighted by atomic mass is 35.5. The number of halogens is 1. The van der Waals surface area contributed by atoms with Crippen LogP contribution in [0.1, 0.15) is 10.4 Å². The molecule has 4 nitrogen and oxygen atoms in total. The van der Waals surface area contributed by atoms with Gasteiger partial charge in [0.2, 0.25) is 9.84 Å². The Labute approximate surface area is 148 Å². The van der Waals surface area contributed by atoms with Crippen LogP contribution in [0.2, 0.25) is 5.02 Å². The molecule has 3 rings (SSSR count). The third-order valence-corrected chi connectivity index (χ3v) is 6.28. The van der Waals surface area contributed by atoms with Gasteiger partial charge in [-0.2, -0.15) is 0 Å². The van der Waals surface area contributed by atoms with Gasteiger partial charge in [0.25, 0.3) is 5.91 Å². The number of rotatable bonds is 4. The topological polar surface area (TPSA) is 63.2 Å². The molecule has 0 spiro atoms. The smallest absolute Gasteiger partial charge is 0.256 e. The minimum atomic E-state index is -3.58. The van der Waals surface area contributed by atoms with Crippen LogP contribution in [-0.4, -0.2) is 14.3 Å². The van der Waals surface area contributed by atoms with E-state index in [1.807, 2.05) is 0 Å². The number of anilines is 1. The lowest BCUT2D eigenvalue weighted by molar-refractivity contribution is 0.102. The van der Waals surface area contributed by atoms with Gasteiger partial charge in [-0.05, 0) is 42.5 Å². The summed E-state index contributed by atoms with van der Waals surface area (Å²) in [6.07, 6.45) is 0. The summed E-state index contributed by atoms with van der Waals surface area (Å²) in [5.74, 6) is -0.322. The summed E-state index contributed by atoms with van der Waals surface area (Å²) < 4.78 is 25.0. The normalized spacial score (nSPS) is 11.2. The van der Waals surface area contributed by atoms with Crippen LogP contribution >= 0.6 is 22.9 Å². The molecule has 2 aromatic carbocycles. The molecule has 0 aliphatic carbocycles. The van der Waals surface area contributed by atoms with Gasteiger partial charge in [-0.3, -0.25) is 4.79 Å². The number of amides is 1. The predicted octanol–water partition coefficient (Wildman–Crippen LogP) is 4.49. The van der Waals surface area contributed by atoms with Gasteiger partial charge in [0.15, 0.2) is 0 Å². The van der Waals surface area contributed by atoms with Crippen molar-refractivity contribution in [3.8, 4) is 0 Å². The molecule has 122 valence electrons. The average molecular weight is 378 g/mol. The second kappa shape index (κ2) is 6.76. The Kier molecular flexibility index (Phi) is 4.71. The van der Waals surface area contributed by atoms with Gasteiger partial charge in [-0.1, -0.05) is 29.8 Å². The Bertz CT molecular complexity index is 965. The number of carbonyl (C=O) groups is 1. The van der Waals surface area contributed by atoms with E-state index < -0.39 is 9.84 Å². The molecule has 0 unspecified atom stereocenters. The third-order valence-electron chi connectivity index (χ3n) is 3.28. The van der Waals surface area contributed by atoms with Crippen molar-refractivity contribution in [2.75, 3.05) is 5.32 Å². The van der Waals surface area contributed by atoms with Crippen LogP contribution < -0.4 is 5.32 Å². The summed E-state index contributed by atoms with van der Waals surface area (Å²) in [5, 5.41) is 5.21. The van der Waals surface area contributed by atoms with Gasteiger partial charge in [0.05, 0.1) is 14.8 Å². The van der Waals surface area contributed by atoms with Gasteiger partial charge in [0.1, 0.15) is 0 Å². The molecule has 0 atom stereocenters. The van der Waals surface area contributed by atoms with Crippen LogP contribution in [0, 0.1) is 0 Å². The first-order valence-corrected chi connectivity index (χ1v) is 9.66. The van der Waals surface area contributed by atoms with Crippen molar-refractivity contribution in [2.45, 2.75) is 9.79 Å². The first kappa shape index (κ1) is 16.7. The fraction of sp³-hybridized carbons (Fsp3) is 0. The van der Waals surface area contributed by atoms with E-state index in [0.29, 0.717) is 15.6 Å². The Balaban J connectivity index is 1.81. The summed E-state index contributed by atoms with van der Waals surface area (Å²) in [6, 6.07) is 16.1. The van der Waals surface area contributed by atoms with Crippen molar-refractivity contribution in [1.82, 2.24) is 0 Å². The summed E-state index contributed by atoms with van der Waals surface area (Å²) >= 11 is 6.95. The molecule has 0 radical (unpaired) electrons. The molecule has 0 saturated carbocycles. The van der Waals surface area contributed by atoms with Crippen LogP contribution in [-0.2, 0) is 9.84 Å². The largest absolute Gasteiger partial charge is 0.314 e. The number of hydrogen-bond donors (Lipinski definition) is 1. The predicted molar refractivity (Wildman–Crippen MR) is 95.6 cm³/mol. The molecule has 0 aliphatic heterocycles. The molecule has 1 N–H and O–H groups in total. The molecule has 24 heavy (non-hydrogen) atoms. The summed E-state index contributed by atoms with van der Waals surface area (Å²) in [5.41, 5.74) is 0.445. The van der Waals surface area contributed by atoms with Crippen LogP contribution in [0.3, 0.4) is 0 Å². The van der Waals surface area contributed by atoms with Crippen molar-refractivity contribution in [3.63, 3.8) is 0 Å². The second-order valence-electron chi connectivity index (χ2n) is 4.92. The van der Waals surface area contributed by atoms with E-state index in [0.717, 1.165) is 11.3 Å². The maximum absolute atomic E-state index is 12.5. The quantitative estimate of drug-likeness (QED) is 0.728. The lowest BCUT2D eigenvalue weighted by atomic mass is 10.2. The van der Waals surface area contributed by atoms with Gasteiger partial charge in [0, 0.05) is 16.0 Å². The molecule has 1 heterocycles. The van der Waals surface area contributed by atoms with Gasteiger partial charge < -0.3 is 5.32 Å². The minimum absolute atomic E-state index is 0.158. The molecule has 0 saturated heterocycles. The number of sulfone groups is 1. The van der Waals surface area contributed by atoms with Crippen LogP contribution in [0.4, 0.5) is 5.00 Å². The van der Waals surface area contributed by atoms with E-state index in [1.54, 1.807) is 54.6 Å². The molecular formula is C17H12ClNO3S2. The minimum Gasteiger partial charge on any atom is -0.314 e. The first-order chi connectivity index (χ1) is 11.5. The van der Waals surface area contributed by atoms with Crippen molar-refractivity contribution in [3.05, 3.63) is 76.6 Å². The zero-order chi connectivity index (χ0) is 17.2. The maximum atomic E-state index is 12.5. The lowest BCUT2D eigenvalue weighted by Crippen LogP contribution is -2.10. The lowest BCUT2D eigenvalue weighted by Gasteiger charge is -2.03. The fourth-order valence-electron chi connectivity index (χ4n) is 2.05. The SMILES string of the molecule is O=C(Nc1cc(S(=O)(=O)c2ccccc2)cs1)c1ccc(Cl)cc1. The Morgan fingerprint density at radius 3 is 2.29 bits per heavy atom. The highest BCUT2D eigenvalue weighted by Gasteiger charge is 2.19. The second-order valence-corrected chi connectivity index (χ2v) is 8.22. The summed E-state index contributed by atoms with van der Waals surface area (Å²) in [6.45, 7) is 0.